The second kappa shape index (κ2) is 12.5. The van der Waals surface area contributed by atoms with Gasteiger partial charge in [-0.2, -0.15) is 0 Å². The zero-order valence-corrected chi connectivity index (χ0v) is 20.9. The van der Waals surface area contributed by atoms with Crippen molar-refractivity contribution < 1.29 is 0 Å². The molecule has 2 heterocycles. The van der Waals surface area contributed by atoms with Crippen LogP contribution in [0.1, 0.15) is 46.8 Å². The fourth-order valence-corrected chi connectivity index (χ4v) is 4.49. The van der Waals surface area contributed by atoms with E-state index in [1.165, 1.54) is 46.9 Å². The first-order valence-corrected chi connectivity index (χ1v) is 11.2. The Kier molecular flexibility index (Phi) is 10.4. The molecule has 1 aliphatic heterocycles. The first kappa shape index (κ1) is 24.1. The predicted octanol–water partition coefficient (Wildman–Crippen LogP) is 4.18. The molecule has 0 saturated carbocycles. The van der Waals surface area contributed by atoms with Crippen LogP contribution in [0.2, 0.25) is 0 Å². The van der Waals surface area contributed by atoms with Crippen LogP contribution in [-0.2, 0) is 12.8 Å². The molecule has 5 nitrogen and oxygen atoms in total. The third kappa shape index (κ3) is 7.22. The second-order valence-electron chi connectivity index (χ2n) is 7.37. The first-order valence-electron chi connectivity index (χ1n) is 10.4. The van der Waals surface area contributed by atoms with Crippen molar-refractivity contribution in [3.63, 3.8) is 0 Å². The Balaban J connectivity index is 0.00000300. The third-order valence-electron chi connectivity index (χ3n) is 5.31. The van der Waals surface area contributed by atoms with Crippen molar-refractivity contribution in [1.29, 1.82) is 0 Å². The number of hydrogen-bond donors (Lipinski definition) is 2. The largest absolute Gasteiger partial charge is 0.356 e. The molecule has 1 fully saturated rings. The lowest BCUT2D eigenvalue weighted by atomic mass is 10.0. The van der Waals surface area contributed by atoms with E-state index < -0.39 is 0 Å². The van der Waals surface area contributed by atoms with Crippen molar-refractivity contribution in [3.8, 4) is 0 Å². The molecular weight excluding hydrogens is 493 g/mol. The van der Waals surface area contributed by atoms with Crippen LogP contribution < -0.4 is 10.6 Å². The molecule has 2 aromatic rings. The highest BCUT2D eigenvalue weighted by Crippen LogP contribution is 2.24. The van der Waals surface area contributed by atoms with Gasteiger partial charge in [-0.05, 0) is 44.8 Å². The molecule has 0 aliphatic carbocycles. The van der Waals surface area contributed by atoms with E-state index in [1.54, 1.807) is 0 Å². The summed E-state index contributed by atoms with van der Waals surface area (Å²) in [5, 5.41) is 8.17. The number of aliphatic imine (C=N–C) groups is 1. The fraction of sp³-hybridized carbons (Fsp3) is 0.545. The molecule has 7 heteroatoms. The summed E-state index contributed by atoms with van der Waals surface area (Å²) in [6.07, 6.45) is 6.57. The number of rotatable bonds is 8. The van der Waals surface area contributed by atoms with Gasteiger partial charge >= 0.3 is 0 Å². The van der Waals surface area contributed by atoms with Gasteiger partial charge in [-0.15, -0.1) is 35.3 Å². The fourth-order valence-electron chi connectivity index (χ4n) is 3.63. The third-order valence-corrected chi connectivity index (χ3v) is 6.51. The van der Waals surface area contributed by atoms with Crippen LogP contribution in [-0.4, -0.2) is 49.1 Å². The summed E-state index contributed by atoms with van der Waals surface area (Å²) in [6.45, 7) is 8.37. The minimum atomic E-state index is 0. The number of aryl methyl sites for hydroxylation is 2. The van der Waals surface area contributed by atoms with Gasteiger partial charge in [0, 0.05) is 37.6 Å². The number of guanidine groups is 1. The molecule has 1 aliphatic rings. The van der Waals surface area contributed by atoms with Gasteiger partial charge in [0.15, 0.2) is 5.96 Å². The van der Waals surface area contributed by atoms with Crippen molar-refractivity contribution in [2.45, 2.75) is 45.6 Å². The highest BCUT2D eigenvalue weighted by Gasteiger charge is 2.23. The summed E-state index contributed by atoms with van der Waals surface area (Å²) < 4.78 is 0. The Hall–Kier alpha value is -1.19. The van der Waals surface area contributed by atoms with Gasteiger partial charge in [-0.25, -0.2) is 4.98 Å². The zero-order valence-electron chi connectivity index (χ0n) is 17.8. The Morgan fingerprint density at radius 3 is 2.55 bits per heavy atom. The van der Waals surface area contributed by atoms with Crippen LogP contribution in [0.15, 0.2) is 35.5 Å². The van der Waals surface area contributed by atoms with Crippen molar-refractivity contribution >= 4 is 41.3 Å². The van der Waals surface area contributed by atoms with Crippen LogP contribution in [0.4, 0.5) is 0 Å². The average Bonchev–Trinajstić information content (AvgIpc) is 3.40. The maximum absolute atomic E-state index is 4.49. The van der Waals surface area contributed by atoms with Crippen LogP contribution in [0.5, 0.6) is 0 Å². The van der Waals surface area contributed by atoms with E-state index in [2.05, 4.69) is 63.6 Å². The van der Waals surface area contributed by atoms with Crippen LogP contribution in [0.25, 0.3) is 0 Å². The Labute approximate surface area is 196 Å². The average molecular weight is 528 g/mol. The number of benzene rings is 1. The molecule has 0 spiro atoms. The number of likely N-dealkylation sites (tertiary alicyclic amines) is 1. The number of nitrogens with zero attached hydrogens (tertiary/aromatic N) is 3. The number of thiazole rings is 1. The molecule has 0 radical (unpaired) electrons. The molecular formula is C22H34IN5S. The number of nitrogens with one attached hydrogen (secondary N) is 2. The van der Waals surface area contributed by atoms with Gasteiger partial charge < -0.3 is 10.6 Å². The topological polar surface area (TPSA) is 52.6 Å². The quantitative estimate of drug-likeness (QED) is 0.308. The molecule has 1 aromatic heterocycles. The highest BCUT2D eigenvalue weighted by atomic mass is 127. The molecule has 29 heavy (non-hydrogen) atoms. The van der Waals surface area contributed by atoms with E-state index in [1.807, 2.05) is 24.6 Å². The molecule has 1 atom stereocenters. The summed E-state index contributed by atoms with van der Waals surface area (Å²) in [5.41, 5.74) is 2.69. The van der Waals surface area contributed by atoms with Gasteiger partial charge in [0.25, 0.3) is 0 Å². The van der Waals surface area contributed by atoms with Crippen LogP contribution >= 0.6 is 35.3 Å². The van der Waals surface area contributed by atoms with Crippen molar-refractivity contribution in [3.05, 3.63) is 51.5 Å². The van der Waals surface area contributed by atoms with Gasteiger partial charge in [-0.1, -0.05) is 36.8 Å². The Morgan fingerprint density at radius 1 is 1.21 bits per heavy atom. The molecule has 160 valence electrons. The maximum atomic E-state index is 4.49. The lowest BCUT2D eigenvalue weighted by Gasteiger charge is -2.29. The molecule has 0 bridgehead atoms. The van der Waals surface area contributed by atoms with Crippen molar-refractivity contribution in [1.82, 2.24) is 20.5 Å². The molecule has 1 unspecified atom stereocenters. The van der Waals surface area contributed by atoms with E-state index in [0.717, 1.165) is 31.9 Å². The van der Waals surface area contributed by atoms with Crippen LogP contribution in [0, 0.1) is 6.92 Å². The first-order chi connectivity index (χ1) is 13.7. The summed E-state index contributed by atoms with van der Waals surface area (Å²) in [7, 11) is 1.84. The van der Waals surface area contributed by atoms with E-state index in [9.17, 15) is 0 Å². The standard InChI is InChI=1S/C22H33N5S.HI/c1-4-19-15-25-21(28-19)11-12-24-22(23-3)26-16-20(27-13-5-6-14-27)18-9-7-17(2)8-10-18;/h7-10,15,20H,4-6,11-14,16H2,1-3H3,(H2,23,24,26);1H. The van der Waals surface area contributed by atoms with Gasteiger partial charge in [0.05, 0.1) is 11.0 Å². The van der Waals surface area contributed by atoms with E-state index >= 15 is 0 Å². The highest BCUT2D eigenvalue weighted by molar-refractivity contribution is 14.0. The normalized spacial score (nSPS) is 15.8. The van der Waals surface area contributed by atoms with Crippen LogP contribution in [0.3, 0.4) is 0 Å². The predicted molar refractivity (Wildman–Crippen MR) is 135 cm³/mol. The maximum Gasteiger partial charge on any atom is 0.191 e. The molecule has 1 aromatic carbocycles. The van der Waals surface area contributed by atoms with Gasteiger partial charge in [0.2, 0.25) is 0 Å². The second-order valence-corrected chi connectivity index (χ2v) is 8.57. The van der Waals surface area contributed by atoms with E-state index in [0.29, 0.717) is 6.04 Å². The van der Waals surface area contributed by atoms with Crippen molar-refractivity contribution in [2.75, 3.05) is 33.2 Å². The summed E-state index contributed by atoms with van der Waals surface area (Å²) in [4.78, 5) is 12.8. The minimum absolute atomic E-state index is 0. The SMILES string of the molecule is CCc1cnc(CCNC(=NC)NCC(c2ccc(C)cc2)N2CCCC2)s1.I. The van der Waals surface area contributed by atoms with E-state index in [-0.39, 0.29) is 24.0 Å². The summed E-state index contributed by atoms with van der Waals surface area (Å²) in [5.74, 6) is 0.864. The van der Waals surface area contributed by atoms with E-state index in [4.69, 9.17) is 0 Å². The Bertz CT molecular complexity index is 753. The van der Waals surface area contributed by atoms with Gasteiger partial charge in [-0.3, -0.25) is 9.89 Å². The number of halogens is 1. The molecule has 1 saturated heterocycles. The monoisotopic (exact) mass is 527 g/mol. The molecule has 0 amide bonds. The lowest BCUT2D eigenvalue weighted by molar-refractivity contribution is 0.245. The molecule has 3 rings (SSSR count). The summed E-state index contributed by atoms with van der Waals surface area (Å²) in [6, 6.07) is 9.34. The molecule has 2 N–H and O–H groups in total. The Morgan fingerprint density at radius 2 is 1.93 bits per heavy atom. The lowest BCUT2D eigenvalue weighted by Crippen LogP contribution is -2.43. The van der Waals surface area contributed by atoms with Gasteiger partial charge in [0.1, 0.15) is 0 Å². The number of aromatic nitrogens is 1. The van der Waals surface area contributed by atoms with Crippen molar-refractivity contribution in [2.24, 2.45) is 4.99 Å². The summed E-state index contributed by atoms with van der Waals surface area (Å²) >= 11 is 1.81. The number of hydrogen-bond acceptors (Lipinski definition) is 4. The smallest absolute Gasteiger partial charge is 0.191 e. The zero-order chi connectivity index (χ0) is 19.8. The minimum Gasteiger partial charge on any atom is -0.356 e.